The summed E-state index contributed by atoms with van der Waals surface area (Å²) in [6, 6.07) is 18.8. The fourth-order valence-electron chi connectivity index (χ4n) is 3.45. The highest BCUT2D eigenvalue weighted by Gasteiger charge is 2.16. The predicted octanol–water partition coefficient (Wildman–Crippen LogP) is 4.08. The molecular formula is C22H28N2O. The van der Waals surface area contributed by atoms with E-state index in [-0.39, 0.29) is 5.91 Å². The third-order valence-corrected chi connectivity index (χ3v) is 4.89. The maximum atomic E-state index is 12.5. The monoisotopic (exact) mass is 336 g/mol. The Bertz CT molecular complexity index is 663. The van der Waals surface area contributed by atoms with E-state index in [4.69, 9.17) is 0 Å². The van der Waals surface area contributed by atoms with E-state index in [1.54, 1.807) is 0 Å². The van der Waals surface area contributed by atoms with E-state index in [2.05, 4.69) is 41.0 Å². The summed E-state index contributed by atoms with van der Waals surface area (Å²) in [7, 11) is 0. The van der Waals surface area contributed by atoms with Crippen LogP contribution in [0.25, 0.3) is 0 Å². The van der Waals surface area contributed by atoms with E-state index in [1.807, 2.05) is 24.3 Å². The van der Waals surface area contributed by atoms with Crippen molar-refractivity contribution < 1.29 is 4.79 Å². The van der Waals surface area contributed by atoms with Gasteiger partial charge in [-0.15, -0.1) is 0 Å². The SMILES string of the molecule is O=C(NC1CCCCC1)c1cccc(CCNCc2ccccc2)c1. The molecule has 3 rings (SSSR count). The second-order valence-corrected chi connectivity index (χ2v) is 6.92. The van der Waals surface area contributed by atoms with Crippen LogP contribution in [-0.4, -0.2) is 18.5 Å². The number of hydrogen-bond donors (Lipinski definition) is 2. The van der Waals surface area contributed by atoms with Crippen molar-refractivity contribution in [2.75, 3.05) is 6.54 Å². The van der Waals surface area contributed by atoms with Crippen LogP contribution >= 0.6 is 0 Å². The minimum Gasteiger partial charge on any atom is -0.349 e. The first kappa shape index (κ1) is 17.7. The van der Waals surface area contributed by atoms with Gasteiger partial charge >= 0.3 is 0 Å². The molecule has 0 radical (unpaired) electrons. The van der Waals surface area contributed by atoms with Gasteiger partial charge in [-0.1, -0.05) is 61.7 Å². The molecule has 132 valence electrons. The Balaban J connectivity index is 1.46. The summed E-state index contributed by atoms with van der Waals surface area (Å²) in [5, 5.41) is 6.66. The number of amides is 1. The van der Waals surface area contributed by atoms with Crippen LogP contribution in [0.3, 0.4) is 0 Å². The molecule has 3 heteroatoms. The molecule has 1 amide bonds. The number of nitrogens with one attached hydrogen (secondary N) is 2. The van der Waals surface area contributed by atoms with Gasteiger partial charge in [-0.05, 0) is 49.1 Å². The summed E-state index contributed by atoms with van der Waals surface area (Å²) in [4.78, 5) is 12.5. The highest BCUT2D eigenvalue weighted by atomic mass is 16.1. The molecular weight excluding hydrogens is 308 g/mol. The van der Waals surface area contributed by atoms with Crippen molar-refractivity contribution in [3.63, 3.8) is 0 Å². The van der Waals surface area contributed by atoms with Gasteiger partial charge < -0.3 is 10.6 Å². The smallest absolute Gasteiger partial charge is 0.251 e. The zero-order chi connectivity index (χ0) is 17.3. The molecule has 2 N–H and O–H groups in total. The third-order valence-electron chi connectivity index (χ3n) is 4.89. The topological polar surface area (TPSA) is 41.1 Å². The Morgan fingerprint density at radius 1 is 0.920 bits per heavy atom. The summed E-state index contributed by atoms with van der Waals surface area (Å²) in [5.41, 5.74) is 3.28. The first-order valence-electron chi connectivity index (χ1n) is 9.46. The maximum Gasteiger partial charge on any atom is 0.251 e. The minimum atomic E-state index is 0.0750. The van der Waals surface area contributed by atoms with Crippen molar-refractivity contribution in [3.05, 3.63) is 71.3 Å². The van der Waals surface area contributed by atoms with Crippen LogP contribution in [0.2, 0.25) is 0 Å². The fourth-order valence-corrected chi connectivity index (χ4v) is 3.45. The molecule has 0 heterocycles. The molecule has 1 saturated carbocycles. The van der Waals surface area contributed by atoms with Crippen LogP contribution < -0.4 is 10.6 Å². The average Bonchev–Trinajstić information content (AvgIpc) is 2.67. The molecule has 3 nitrogen and oxygen atoms in total. The largest absolute Gasteiger partial charge is 0.349 e. The Morgan fingerprint density at radius 2 is 1.68 bits per heavy atom. The highest BCUT2D eigenvalue weighted by Crippen LogP contribution is 2.18. The third kappa shape index (κ3) is 5.71. The maximum absolute atomic E-state index is 12.5. The van der Waals surface area contributed by atoms with Gasteiger partial charge in [0.15, 0.2) is 0 Å². The molecule has 2 aromatic carbocycles. The first-order valence-corrected chi connectivity index (χ1v) is 9.46. The Hall–Kier alpha value is -2.13. The molecule has 0 unspecified atom stereocenters. The standard InChI is InChI=1S/C22H28N2O/c25-22(24-21-12-5-2-6-13-21)20-11-7-10-18(16-20)14-15-23-17-19-8-3-1-4-9-19/h1,3-4,7-11,16,21,23H,2,5-6,12-15,17H2,(H,24,25). The highest BCUT2D eigenvalue weighted by molar-refractivity contribution is 5.94. The first-order chi connectivity index (χ1) is 12.3. The van der Waals surface area contributed by atoms with Crippen molar-refractivity contribution in [3.8, 4) is 0 Å². The Kier molecular flexibility index (Phi) is 6.63. The van der Waals surface area contributed by atoms with Crippen LogP contribution in [0.1, 0.15) is 53.6 Å². The van der Waals surface area contributed by atoms with E-state index < -0.39 is 0 Å². The summed E-state index contributed by atoms with van der Waals surface area (Å²) >= 11 is 0. The van der Waals surface area contributed by atoms with Crippen LogP contribution in [0.4, 0.5) is 0 Å². The predicted molar refractivity (Wildman–Crippen MR) is 103 cm³/mol. The number of carbonyl (C=O) groups excluding carboxylic acids is 1. The van der Waals surface area contributed by atoms with Crippen LogP contribution in [-0.2, 0) is 13.0 Å². The van der Waals surface area contributed by atoms with Crippen LogP contribution in [0.5, 0.6) is 0 Å². The summed E-state index contributed by atoms with van der Waals surface area (Å²) in [6.45, 7) is 1.78. The van der Waals surface area contributed by atoms with Crippen molar-refractivity contribution in [2.45, 2.75) is 51.1 Å². The van der Waals surface area contributed by atoms with E-state index in [0.29, 0.717) is 6.04 Å². The van der Waals surface area contributed by atoms with Gasteiger partial charge in [0.2, 0.25) is 0 Å². The Labute approximate surface area is 150 Å². The van der Waals surface area contributed by atoms with Gasteiger partial charge in [-0.25, -0.2) is 0 Å². The summed E-state index contributed by atoms with van der Waals surface area (Å²) < 4.78 is 0. The average molecular weight is 336 g/mol. The lowest BCUT2D eigenvalue weighted by Gasteiger charge is -2.22. The molecule has 0 spiro atoms. The summed E-state index contributed by atoms with van der Waals surface area (Å²) in [6.07, 6.45) is 6.94. The van der Waals surface area contributed by atoms with Gasteiger partial charge in [-0.2, -0.15) is 0 Å². The van der Waals surface area contributed by atoms with E-state index in [9.17, 15) is 4.79 Å². The van der Waals surface area contributed by atoms with Crippen LogP contribution in [0.15, 0.2) is 54.6 Å². The summed E-state index contributed by atoms with van der Waals surface area (Å²) in [5.74, 6) is 0.0750. The van der Waals surface area contributed by atoms with Crippen molar-refractivity contribution in [1.82, 2.24) is 10.6 Å². The number of benzene rings is 2. The molecule has 0 saturated heterocycles. The molecule has 0 atom stereocenters. The quantitative estimate of drug-likeness (QED) is 0.748. The zero-order valence-electron chi connectivity index (χ0n) is 14.8. The lowest BCUT2D eigenvalue weighted by molar-refractivity contribution is 0.0927. The van der Waals surface area contributed by atoms with Gasteiger partial charge in [0.05, 0.1) is 0 Å². The zero-order valence-corrected chi connectivity index (χ0v) is 14.8. The minimum absolute atomic E-state index is 0.0750. The second-order valence-electron chi connectivity index (χ2n) is 6.92. The molecule has 1 fully saturated rings. The van der Waals surface area contributed by atoms with E-state index in [1.165, 1.54) is 30.4 Å². The van der Waals surface area contributed by atoms with Crippen LogP contribution in [0, 0.1) is 0 Å². The molecule has 1 aliphatic rings. The molecule has 25 heavy (non-hydrogen) atoms. The van der Waals surface area contributed by atoms with Crippen molar-refractivity contribution >= 4 is 5.91 Å². The number of rotatable bonds is 7. The number of carbonyl (C=O) groups is 1. The van der Waals surface area contributed by atoms with Gasteiger partial charge in [0.25, 0.3) is 5.91 Å². The fraction of sp³-hybridized carbons (Fsp3) is 0.409. The molecule has 2 aromatic rings. The normalized spacial score (nSPS) is 15.0. The van der Waals surface area contributed by atoms with E-state index >= 15 is 0 Å². The lowest BCUT2D eigenvalue weighted by atomic mass is 9.95. The second kappa shape index (κ2) is 9.38. The lowest BCUT2D eigenvalue weighted by Crippen LogP contribution is -2.36. The van der Waals surface area contributed by atoms with Gasteiger partial charge in [0, 0.05) is 18.2 Å². The molecule has 1 aliphatic carbocycles. The van der Waals surface area contributed by atoms with Gasteiger partial charge in [-0.3, -0.25) is 4.79 Å². The van der Waals surface area contributed by atoms with Crippen molar-refractivity contribution in [1.29, 1.82) is 0 Å². The van der Waals surface area contributed by atoms with Gasteiger partial charge in [0.1, 0.15) is 0 Å². The Morgan fingerprint density at radius 3 is 2.48 bits per heavy atom. The number of hydrogen-bond acceptors (Lipinski definition) is 2. The molecule has 0 aliphatic heterocycles. The van der Waals surface area contributed by atoms with E-state index in [0.717, 1.165) is 37.9 Å². The van der Waals surface area contributed by atoms with Crippen molar-refractivity contribution in [2.24, 2.45) is 0 Å². The molecule has 0 bridgehead atoms. The molecule has 0 aromatic heterocycles.